The summed E-state index contributed by atoms with van der Waals surface area (Å²) in [6.07, 6.45) is -4.22. The SMILES string of the molecule is Cc1cc(F)cc(C(O)C2CCCC(C(F)(F)F)C2)c1. The van der Waals surface area contributed by atoms with Crippen molar-refractivity contribution in [1.29, 1.82) is 0 Å². The maximum absolute atomic E-state index is 13.3. The van der Waals surface area contributed by atoms with Gasteiger partial charge in [0, 0.05) is 0 Å². The van der Waals surface area contributed by atoms with Crippen molar-refractivity contribution >= 4 is 0 Å². The zero-order valence-electron chi connectivity index (χ0n) is 11.3. The lowest BCUT2D eigenvalue weighted by molar-refractivity contribution is -0.189. The van der Waals surface area contributed by atoms with Crippen LogP contribution in [0.15, 0.2) is 18.2 Å². The summed E-state index contributed by atoms with van der Waals surface area (Å²) >= 11 is 0. The van der Waals surface area contributed by atoms with Gasteiger partial charge in [-0.3, -0.25) is 0 Å². The smallest absolute Gasteiger partial charge is 0.388 e. The van der Waals surface area contributed by atoms with Gasteiger partial charge in [-0.2, -0.15) is 13.2 Å². The Morgan fingerprint density at radius 2 is 1.90 bits per heavy atom. The van der Waals surface area contributed by atoms with Crippen LogP contribution in [0.1, 0.15) is 42.9 Å². The molecule has 0 spiro atoms. The lowest BCUT2D eigenvalue weighted by Gasteiger charge is -2.33. The van der Waals surface area contributed by atoms with E-state index in [9.17, 15) is 22.7 Å². The third-order valence-electron chi connectivity index (χ3n) is 4.03. The summed E-state index contributed by atoms with van der Waals surface area (Å²) < 4.78 is 51.6. The number of rotatable bonds is 2. The summed E-state index contributed by atoms with van der Waals surface area (Å²) in [5.74, 6) is -2.29. The van der Waals surface area contributed by atoms with Crippen molar-refractivity contribution in [2.45, 2.75) is 44.9 Å². The Morgan fingerprint density at radius 1 is 1.20 bits per heavy atom. The number of halogens is 4. The fourth-order valence-corrected chi connectivity index (χ4v) is 3.02. The lowest BCUT2D eigenvalue weighted by Crippen LogP contribution is -2.31. The Balaban J connectivity index is 2.14. The minimum atomic E-state index is -4.21. The van der Waals surface area contributed by atoms with E-state index in [0.717, 1.165) is 0 Å². The number of hydrogen-bond acceptors (Lipinski definition) is 1. The molecule has 2 rings (SSSR count). The summed E-state index contributed by atoms with van der Waals surface area (Å²) in [5, 5.41) is 10.2. The summed E-state index contributed by atoms with van der Waals surface area (Å²) in [6, 6.07) is 4.16. The highest BCUT2D eigenvalue weighted by Crippen LogP contribution is 2.43. The Morgan fingerprint density at radius 3 is 2.50 bits per heavy atom. The summed E-state index contributed by atoms with van der Waals surface area (Å²) in [6.45, 7) is 1.69. The average Bonchev–Trinajstić information content (AvgIpc) is 2.36. The van der Waals surface area contributed by atoms with Gasteiger partial charge in [-0.1, -0.05) is 12.5 Å². The van der Waals surface area contributed by atoms with Crippen LogP contribution in [0.25, 0.3) is 0 Å². The molecule has 0 bridgehead atoms. The average molecular weight is 290 g/mol. The molecule has 1 fully saturated rings. The van der Waals surface area contributed by atoms with Crippen LogP contribution in [0.4, 0.5) is 17.6 Å². The van der Waals surface area contributed by atoms with Gasteiger partial charge in [-0.15, -0.1) is 0 Å². The number of aliphatic hydroxyl groups excluding tert-OH is 1. The summed E-state index contributed by atoms with van der Waals surface area (Å²) in [5.41, 5.74) is 1.03. The molecular formula is C15H18F4O. The molecule has 0 aromatic heterocycles. The monoisotopic (exact) mass is 290 g/mol. The van der Waals surface area contributed by atoms with Crippen LogP contribution in [-0.2, 0) is 0 Å². The summed E-state index contributed by atoms with van der Waals surface area (Å²) in [4.78, 5) is 0. The van der Waals surface area contributed by atoms with Gasteiger partial charge in [-0.25, -0.2) is 4.39 Å². The van der Waals surface area contributed by atoms with Crippen molar-refractivity contribution in [3.63, 3.8) is 0 Å². The normalized spacial score (nSPS) is 25.5. The van der Waals surface area contributed by atoms with Crippen LogP contribution in [-0.4, -0.2) is 11.3 Å². The molecule has 1 aliphatic carbocycles. The van der Waals surface area contributed by atoms with E-state index in [2.05, 4.69) is 0 Å². The second-order valence-electron chi connectivity index (χ2n) is 5.67. The highest BCUT2D eigenvalue weighted by Gasteiger charge is 2.43. The zero-order valence-corrected chi connectivity index (χ0v) is 11.3. The van der Waals surface area contributed by atoms with Gasteiger partial charge in [0.15, 0.2) is 0 Å². The molecule has 3 unspecified atom stereocenters. The van der Waals surface area contributed by atoms with Gasteiger partial charge >= 0.3 is 6.18 Å². The molecule has 0 saturated heterocycles. The third kappa shape index (κ3) is 3.51. The first-order valence-corrected chi connectivity index (χ1v) is 6.79. The minimum Gasteiger partial charge on any atom is -0.388 e. The zero-order chi connectivity index (χ0) is 14.9. The van der Waals surface area contributed by atoms with E-state index in [1.54, 1.807) is 13.0 Å². The van der Waals surface area contributed by atoms with Gasteiger partial charge in [0.1, 0.15) is 5.82 Å². The van der Waals surface area contributed by atoms with E-state index in [1.807, 2.05) is 0 Å². The predicted molar refractivity (Wildman–Crippen MR) is 67.6 cm³/mol. The van der Waals surface area contributed by atoms with E-state index in [-0.39, 0.29) is 12.8 Å². The molecular weight excluding hydrogens is 272 g/mol. The largest absolute Gasteiger partial charge is 0.391 e. The highest BCUT2D eigenvalue weighted by molar-refractivity contribution is 5.25. The van der Waals surface area contributed by atoms with Crippen molar-refractivity contribution in [1.82, 2.24) is 0 Å². The van der Waals surface area contributed by atoms with Crippen molar-refractivity contribution < 1.29 is 22.7 Å². The van der Waals surface area contributed by atoms with Crippen molar-refractivity contribution in [2.75, 3.05) is 0 Å². The first-order valence-electron chi connectivity index (χ1n) is 6.79. The highest BCUT2D eigenvalue weighted by atomic mass is 19.4. The van der Waals surface area contributed by atoms with Crippen molar-refractivity contribution in [3.8, 4) is 0 Å². The molecule has 0 radical (unpaired) electrons. The molecule has 1 aliphatic rings. The van der Waals surface area contributed by atoms with E-state index in [1.165, 1.54) is 12.1 Å². The van der Waals surface area contributed by atoms with E-state index < -0.39 is 29.9 Å². The molecule has 0 aliphatic heterocycles. The molecule has 20 heavy (non-hydrogen) atoms. The van der Waals surface area contributed by atoms with E-state index in [4.69, 9.17) is 0 Å². The molecule has 0 heterocycles. The number of alkyl halides is 3. The van der Waals surface area contributed by atoms with Crippen LogP contribution in [0.3, 0.4) is 0 Å². The molecule has 1 aromatic carbocycles. The van der Waals surface area contributed by atoms with Crippen LogP contribution in [0.2, 0.25) is 0 Å². The number of hydrogen-bond donors (Lipinski definition) is 1. The fourth-order valence-electron chi connectivity index (χ4n) is 3.02. The number of benzene rings is 1. The van der Waals surface area contributed by atoms with Gasteiger partial charge in [0.05, 0.1) is 12.0 Å². The first kappa shape index (κ1) is 15.3. The van der Waals surface area contributed by atoms with Crippen molar-refractivity contribution in [2.24, 2.45) is 11.8 Å². The van der Waals surface area contributed by atoms with Gasteiger partial charge < -0.3 is 5.11 Å². The predicted octanol–water partition coefficient (Wildman–Crippen LogP) is 4.54. The molecule has 1 aromatic rings. The van der Waals surface area contributed by atoms with Crippen LogP contribution < -0.4 is 0 Å². The van der Waals surface area contributed by atoms with Crippen LogP contribution in [0.5, 0.6) is 0 Å². The van der Waals surface area contributed by atoms with Gasteiger partial charge in [0.2, 0.25) is 0 Å². The van der Waals surface area contributed by atoms with Gasteiger partial charge in [0.25, 0.3) is 0 Å². The maximum atomic E-state index is 13.3. The summed E-state index contributed by atoms with van der Waals surface area (Å²) in [7, 11) is 0. The van der Waals surface area contributed by atoms with E-state index >= 15 is 0 Å². The Kier molecular flexibility index (Phi) is 4.37. The number of aryl methyl sites for hydroxylation is 1. The Bertz CT molecular complexity index is 449. The van der Waals surface area contributed by atoms with Crippen LogP contribution >= 0.6 is 0 Å². The second kappa shape index (κ2) is 5.72. The number of aliphatic hydroxyl groups is 1. The Hall–Kier alpha value is -1.10. The minimum absolute atomic E-state index is 0.0831. The van der Waals surface area contributed by atoms with Crippen LogP contribution in [0, 0.1) is 24.6 Å². The first-order chi connectivity index (χ1) is 9.27. The quantitative estimate of drug-likeness (QED) is 0.793. The molecule has 112 valence electrons. The maximum Gasteiger partial charge on any atom is 0.391 e. The molecule has 1 saturated carbocycles. The third-order valence-corrected chi connectivity index (χ3v) is 4.03. The molecule has 1 N–H and O–H groups in total. The van der Waals surface area contributed by atoms with Gasteiger partial charge in [-0.05, 0) is 55.4 Å². The molecule has 0 amide bonds. The molecule has 1 nitrogen and oxygen atoms in total. The second-order valence-corrected chi connectivity index (χ2v) is 5.67. The van der Waals surface area contributed by atoms with Crippen molar-refractivity contribution in [3.05, 3.63) is 35.1 Å². The lowest BCUT2D eigenvalue weighted by atomic mass is 9.77. The standard InChI is InChI=1S/C15H18F4O/c1-9-5-11(8-13(16)6-9)14(20)10-3-2-4-12(7-10)15(17,18)19/h5-6,8,10,12,14,20H,2-4,7H2,1H3. The molecule has 5 heteroatoms. The fraction of sp³-hybridized carbons (Fsp3) is 0.600. The Labute approximate surface area is 115 Å². The molecule has 3 atom stereocenters. The van der Waals surface area contributed by atoms with E-state index in [0.29, 0.717) is 24.0 Å². The topological polar surface area (TPSA) is 20.2 Å².